The summed E-state index contributed by atoms with van der Waals surface area (Å²) in [5, 5.41) is 0. The molecule has 2 aromatic rings. The minimum atomic E-state index is -0.540. The average molecular weight is 323 g/mol. The molecule has 0 heterocycles. The van der Waals surface area contributed by atoms with Crippen molar-refractivity contribution in [2.45, 2.75) is 6.92 Å². The Morgan fingerprint density at radius 1 is 1.21 bits per heavy atom. The predicted molar refractivity (Wildman–Crippen MR) is 75.1 cm³/mol. The summed E-state index contributed by atoms with van der Waals surface area (Å²) < 4.78 is 19.4. The van der Waals surface area contributed by atoms with Crippen LogP contribution in [0.1, 0.15) is 22.8 Å². The van der Waals surface area contributed by atoms with Crippen molar-refractivity contribution in [3.05, 3.63) is 63.9 Å². The zero-order valence-electron chi connectivity index (χ0n) is 10.3. The molecule has 0 amide bonds. The van der Waals surface area contributed by atoms with Crippen LogP contribution in [0.15, 0.2) is 46.9 Å². The van der Waals surface area contributed by atoms with Gasteiger partial charge in [-0.05, 0) is 59.3 Å². The quantitative estimate of drug-likeness (QED) is 0.788. The summed E-state index contributed by atoms with van der Waals surface area (Å²) in [6.07, 6.45) is 0. The number of hydrogen-bond acceptors (Lipinski definition) is 2. The van der Waals surface area contributed by atoms with E-state index >= 15 is 0 Å². The molecule has 0 bridgehead atoms. The second kappa shape index (κ2) is 5.97. The molecule has 0 saturated carbocycles. The SMILES string of the molecule is CCOc1ccc(C(=O)c2cccc(Br)c2F)cc1. The summed E-state index contributed by atoms with van der Waals surface area (Å²) in [5.74, 6) is -0.197. The molecule has 0 N–H and O–H groups in total. The van der Waals surface area contributed by atoms with E-state index < -0.39 is 5.82 Å². The lowest BCUT2D eigenvalue weighted by atomic mass is 10.0. The first-order valence-electron chi connectivity index (χ1n) is 5.85. The van der Waals surface area contributed by atoms with Gasteiger partial charge in [-0.15, -0.1) is 0 Å². The molecule has 4 heteroatoms. The zero-order chi connectivity index (χ0) is 13.8. The number of ketones is 1. The van der Waals surface area contributed by atoms with Gasteiger partial charge in [-0.25, -0.2) is 4.39 Å². The van der Waals surface area contributed by atoms with Gasteiger partial charge < -0.3 is 4.74 Å². The molecule has 2 nitrogen and oxygen atoms in total. The first kappa shape index (κ1) is 13.7. The van der Waals surface area contributed by atoms with E-state index in [-0.39, 0.29) is 15.8 Å². The average Bonchev–Trinajstić information content (AvgIpc) is 2.42. The van der Waals surface area contributed by atoms with Crippen molar-refractivity contribution in [3.8, 4) is 5.75 Å². The molecule has 0 unspecified atom stereocenters. The van der Waals surface area contributed by atoms with E-state index in [2.05, 4.69) is 15.9 Å². The van der Waals surface area contributed by atoms with Gasteiger partial charge in [-0.1, -0.05) is 6.07 Å². The Morgan fingerprint density at radius 3 is 2.53 bits per heavy atom. The fraction of sp³-hybridized carbons (Fsp3) is 0.133. The van der Waals surface area contributed by atoms with Crippen LogP contribution in [0.2, 0.25) is 0 Å². The maximum absolute atomic E-state index is 13.8. The Hall–Kier alpha value is -1.68. The molecule has 19 heavy (non-hydrogen) atoms. The summed E-state index contributed by atoms with van der Waals surface area (Å²) in [4.78, 5) is 12.2. The Kier molecular flexibility index (Phi) is 4.32. The van der Waals surface area contributed by atoms with Crippen molar-refractivity contribution < 1.29 is 13.9 Å². The van der Waals surface area contributed by atoms with Crippen molar-refractivity contribution in [3.63, 3.8) is 0 Å². The fourth-order valence-electron chi connectivity index (χ4n) is 1.70. The highest BCUT2D eigenvalue weighted by Crippen LogP contribution is 2.22. The monoisotopic (exact) mass is 322 g/mol. The molecule has 0 aliphatic carbocycles. The van der Waals surface area contributed by atoms with Gasteiger partial charge in [0, 0.05) is 5.56 Å². The lowest BCUT2D eigenvalue weighted by Gasteiger charge is -2.06. The van der Waals surface area contributed by atoms with Crippen molar-refractivity contribution >= 4 is 21.7 Å². The van der Waals surface area contributed by atoms with Gasteiger partial charge in [-0.2, -0.15) is 0 Å². The third-order valence-electron chi connectivity index (χ3n) is 2.62. The van der Waals surface area contributed by atoms with Crippen LogP contribution in [-0.4, -0.2) is 12.4 Å². The van der Waals surface area contributed by atoms with Gasteiger partial charge in [0.25, 0.3) is 0 Å². The highest BCUT2D eigenvalue weighted by atomic mass is 79.9. The molecule has 0 saturated heterocycles. The molecule has 0 aliphatic rings. The first-order valence-corrected chi connectivity index (χ1v) is 6.64. The Balaban J connectivity index is 2.31. The maximum Gasteiger partial charge on any atom is 0.196 e. The smallest absolute Gasteiger partial charge is 0.196 e. The minimum absolute atomic E-state index is 0.0542. The number of carbonyl (C=O) groups excluding carboxylic acids is 1. The highest BCUT2D eigenvalue weighted by molar-refractivity contribution is 9.10. The molecule has 0 radical (unpaired) electrons. The van der Waals surface area contributed by atoms with Crippen molar-refractivity contribution in [1.29, 1.82) is 0 Å². The van der Waals surface area contributed by atoms with Gasteiger partial charge in [0.15, 0.2) is 5.78 Å². The normalized spacial score (nSPS) is 10.3. The van der Waals surface area contributed by atoms with Crippen LogP contribution in [-0.2, 0) is 0 Å². The lowest BCUT2D eigenvalue weighted by Crippen LogP contribution is -2.04. The Labute approximate surface area is 119 Å². The number of ether oxygens (including phenoxy) is 1. The number of carbonyl (C=O) groups is 1. The Bertz CT molecular complexity index is 594. The maximum atomic E-state index is 13.8. The van der Waals surface area contributed by atoms with E-state index in [0.717, 1.165) is 0 Å². The molecule has 0 atom stereocenters. The summed E-state index contributed by atoms with van der Waals surface area (Å²) in [6, 6.07) is 11.3. The number of hydrogen-bond donors (Lipinski definition) is 0. The molecule has 2 aromatic carbocycles. The van der Waals surface area contributed by atoms with Gasteiger partial charge in [0.05, 0.1) is 16.6 Å². The van der Waals surface area contributed by atoms with E-state index in [1.807, 2.05) is 6.92 Å². The van der Waals surface area contributed by atoms with Gasteiger partial charge in [0.2, 0.25) is 0 Å². The van der Waals surface area contributed by atoms with Crippen LogP contribution in [0.3, 0.4) is 0 Å². The number of benzene rings is 2. The first-order chi connectivity index (χ1) is 9.13. The van der Waals surface area contributed by atoms with Gasteiger partial charge in [0.1, 0.15) is 11.6 Å². The minimum Gasteiger partial charge on any atom is -0.494 e. The second-order valence-corrected chi connectivity index (χ2v) is 4.74. The lowest BCUT2D eigenvalue weighted by molar-refractivity contribution is 0.103. The molecular weight excluding hydrogens is 311 g/mol. The summed E-state index contributed by atoms with van der Waals surface area (Å²) in [6.45, 7) is 2.45. The Morgan fingerprint density at radius 2 is 1.89 bits per heavy atom. The molecule has 0 aromatic heterocycles. The molecule has 0 spiro atoms. The predicted octanol–water partition coefficient (Wildman–Crippen LogP) is 4.22. The second-order valence-electron chi connectivity index (χ2n) is 3.89. The van der Waals surface area contributed by atoms with Crippen LogP contribution in [0.25, 0.3) is 0 Å². The topological polar surface area (TPSA) is 26.3 Å². The van der Waals surface area contributed by atoms with E-state index in [1.165, 1.54) is 6.07 Å². The molecular formula is C15H12BrFO2. The molecule has 0 fully saturated rings. The van der Waals surface area contributed by atoms with Crippen molar-refractivity contribution in [2.24, 2.45) is 0 Å². The van der Waals surface area contributed by atoms with E-state index in [4.69, 9.17) is 4.74 Å². The third-order valence-corrected chi connectivity index (χ3v) is 3.24. The van der Waals surface area contributed by atoms with Crippen LogP contribution >= 0.6 is 15.9 Å². The van der Waals surface area contributed by atoms with E-state index in [9.17, 15) is 9.18 Å². The van der Waals surface area contributed by atoms with Gasteiger partial charge >= 0.3 is 0 Å². The number of halogens is 2. The summed E-state index contributed by atoms with van der Waals surface area (Å²) >= 11 is 3.07. The van der Waals surface area contributed by atoms with Crippen LogP contribution in [0.4, 0.5) is 4.39 Å². The molecule has 2 rings (SSSR count). The summed E-state index contributed by atoms with van der Waals surface area (Å²) in [7, 11) is 0. The van der Waals surface area contributed by atoms with E-state index in [0.29, 0.717) is 17.9 Å². The molecule has 98 valence electrons. The fourth-order valence-corrected chi connectivity index (χ4v) is 2.07. The van der Waals surface area contributed by atoms with Gasteiger partial charge in [-0.3, -0.25) is 4.79 Å². The van der Waals surface area contributed by atoms with Crippen LogP contribution in [0, 0.1) is 5.82 Å². The standard InChI is InChI=1S/C15H12BrFO2/c1-2-19-11-8-6-10(7-9-11)15(18)12-4-3-5-13(16)14(12)17/h3-9H,2H2,1H3. The van der Waals surface area contributed by atoms with Crippen molar-refractivity contribution in [2.75, 3.05) is 6.61 Å². The highest BCUT2D eigenvalue weighted by Gasteiger charge is 2.15. The van der Waals surface area contributed by atoms with Crippen LogP contribution in [0.5, 0.6) is 5.75 Å². The van der Waals surface area contributed by atoms with Crippen molar-refractivity contribution in [1.82, 2.24) is 0 Å². The number of rotatable bonds is 4. The van der Waals surface area contributed by atoms with E-state index in [1.54, 1.807) is 36.4 Å². The van der Waals surface area contributed by atoms with Crippen LogP contribution < -0.4 is 4.74 Å². The zero-order valence-corrected chi connectivity index (χ0v) is 11.9. The largest absolute Gasteiger partial charge is 0.494 e. The molecule has 0 aliphatic heterocycles. The summed E-state index contributed by atoms with van der Waals surface area (Å²) in [5.41, 5.74) is 0.485. The third kappa shape index (κ3) is 3.01.